The van der Waals surface area contributed by atoms with Gasteiger partial charge in [-0.05, 0) is 13.3 Å². The molecule has 116 valence electrons. The number of carbonyl (C=O) groups is 2. The molecular weight excluding hydrogens is 277 g/mol. The smallest absolute Gasteiger partial charge is 0.344 e. The second kappa shape index (κ2) is 6.92. The Morgan fingerprint density at radius 2 is 2.05 bits per heavy atom. The second-order valence-corrected chi connectivity index (χ2v) is 4.79. The highest BCUT2D eigenvalue weighted by atomic mass is 19.4. The zero-order valence-electron chi connectivity index (χ0n) is 11.5. The first-order valence-electron chi connectivity index (χ1n) is 6.55. The lowest BCUT2D eigenvalue weighted by molar-refractivity contribution is -0.325. The summed E-state index contributed by atoms with van der Waals surface area (Å²) in [7, 11) is 0. The molecule has 0 aliphatic carbocycles. The van der Waals surface area contributed by atoms with Crippen LogP contribution in [0.2, 0.25) is 0 Å². The minimum atomic E-state index is -4.71. The Balaban J connectivity index is 2.69. The molecule has 0 aromatic rings. The van der Waals surface area contributed by atoms with Crippen LogP contribution in [0.4, 0.5) is 13.2 Å². The predicted octanol–water partition coefficient (Wildman–Crippen LogP) is 1.43. The monoisotopic (exact) mass is 296 g/mol. The molecule has 1 fully saturated rings. The first-order chi connectivity index (χ1) is 9.24. The van der Waals surface area contributed by atoms with Crippen molar-refractivity contribution >= 4 is 11.8 Å². The number of amides is 2. The van der Waals surface area contributed by atoms with E-state index >= 15 is 0 Å². The van der Waals surface area contributed by atoms with Gasteiger partial charge in [0.2, 0.25) is 11.8 Å². The minimum absolute atomic E-state index is 0.0813. The Hall–Kier alpha value is -1.31. The Labute approximate surface area is 115 Å². The molecule has 0 aromatic carbocycles. The van der Waals surface area contributed by atoms with E-state index in [1.165, 1.54) is 4.90 Å². The van der Waals surface area contributed by atoms with Gasteiger partial charge in [-0.1, -0.05) is 13.3 Å². The van der Waals surface area contributed by atoms with Crippen molar-refractivity contribution in [3.63, 3.8) is 0 Å². The van der Waals surface area contributed by atoms with Gasteiger partial charge in [0.25, 0.3) is 0 Å². The lowest BCUT2D eigenvalue weighted by Crippen LogP contribution is -2.47. The maximum absolute atomic E-state index is 12.2. The lowest BCUT2D eigenvalue weighted by atomic mass is 10.1. The summed E-state index contributed by atoms with van der Waals surface area (Å²) in [5, 5.41) is 2.60. The molecule has 0 saturated carbocycles. The third-order valence-electron chi connectivity index (χ3n) is 3.10. The number of carbonyl (C=O) groups excluding carboxylic acids is 2. The number of halogens is 3. The number of hydrogen-bond acceptors (Lipinski definition) is 3. The molecule has 1 rings (SSSR count). The van der Waals surface area contributed by atoms with E-state index in [-0.39, 0.29) is 24.8 Å². The van der Waals surface area contributed by atoms with Crippen LogP contribution in [0.15, 0.2) is 0 Å². The number of ether oxygens (including phenoxy) is 1. The average molecular weight is 296 g/mol. The molecule has 0 aromatic heterocycles. The van der Waals surface area contributed by atoms with Crippen molar-refractivity contribution in [2.24, 2.45) is 0 Å². The molecule has 1 N–H and O–H groups in total. The number of hydrogen-bond donors (Lipinski definition) is 1. The van der Waals surface area contributed by atoms with Gasteiger partial charge in [-0.3, -0.25) is 14.3 Å². The van der Waals surface area contributed by atoms with E-state index in [4.69, 9.17) is 0 Å². The standard InChI is InChI=1S/C12H19F3N2O3/c1-3-4-9-11(19)17(5-6-20-12(13,14)15)8(2)7-10(18)16-9/h8-9H,3-7H2,1-2H3,(H,16,18). The maximum Gasteiger partial charge on any atom is 0.522 e. The molecule has 1 heterocycles. The highest BCUT2D eigenvalue weighted by Crippen LogP contribution is 2.18. The Morgan fingerprint density at radius 3 is 2.60 bits per heavy atom. The largest absolute Gasteiger partial charge is 0.522 e. The van der Waals surface area contributed by atoms with Crippen molar-refractivity contribution in [3.8, 4) is 0 Å². The van der Waals surface area contributed by atoms with Crippen LogP contribution in [0.3, 0.4) is 0 Å². The number of nitrogens with zero attached hydrogens (tertiary/aromatic N) is 1. The van der Waals surface area contributed by atoms with E-state index in [0.717, 1.165) is 0 Å². The normalized spacial score (nSPS) is 24.6. The molecule has 1 saturated heterocycles. The lowest BCUT2D eigenvalue weighted by Gasteiger charge is -2.28. The van der Waals surface area contributed by atoms with Crippen molar-refractivity contribution in [1.29, 1.82) is 0 Å². The van der Waals surface area contributed by atoms with Crippen LogP contribution in [0.5, 0.6) is 0 Å². The molecule has 0 radical (unpaired) electrons. The molecule has 1 aliphatic heterocycles. The molecular formula is C12H19F3N2O3. The van der Waals surface area contributed by atoms with E-state index < -0.39 is 25.1 Å². The van der Waals surface area contributed by atoms with Gasteiger partial charge in [-0.2, -0.15) is 0 Å². The summed E-state index contributed by atoms with van der Waals surface area (Å²) in [5.74, 6) is -0.612. The van der Waals surface area contributed by atoms with Crippen molar-refractivity contribution in [2.75, 3.05) is 13.2 Å². The summed E-state index contributed by atoms with van der Waals surface area (Å²) in [6.07, 6.45) is -3.47. The fourth-order valence-electron chi connectivity index (χ4n) is 2.19. The van der Waals surface area contributed by atoms with E-state index in [0.29, 0.717) is 12.8 Å². The summed E-state index contributed by atoms with van der Waals surface area (Å²) in [4.78, 5) is 25.1. The Morgan fingerprint density at radius 1 is 1.40 bits per heavy atom. The summed E-state index contributed by atoms with van der Waals surface area (Å²) in [6, 6.07) is -1.11. The molecule has 20 heavy (non-hydrogen) atoms. The zero-order valence-corrected chi connectivity index (χ0v) is 11.5. The van der Waals surface area contributed by atoms with Gasteiger partial charge in [0.15, 0.2) is 0 Å². The van der Waals surface area contributed by atoms with Crippen LogP contribution >= 0.6 is 0 Å². The fraction of sp³-hybridized carbons (Fsp3) is 0.833. The fourth-order valence-corrected chi connectivity index (χ4v) is 2.19. The van der Waals surface area contributed by atoms with E-state index in [1.807, 2.05) is 6.92 Å². The topological polar surface area (TPSA) is 58.6 Å². The average Bonchev–Trinajstić information content (AvgIpc) is 2.39. The van der Waals surface area contributed by atoms with Crippen molar-refractivity contribution in [2.45, 2.75) is 51.6 Å². The number of alkyl halides is 3. The molecule has 5 nitrogen and oxygen atoms in total. The molecule has 2 amide bonds. The van der Waals surface area contributed by atoms with Crippen LogP contribution in [-0.4, -0.2) is 48.3 Å². The molecule has 2 atom stereocenters. The van der Waals surface area contributed by atoms with Gasteiger partial charge in [0, 0.05) is 19.0 Å². The van der Waals surface area contributed by atoms with Crippen molar-refractivity contribution in [1.82, 2.24) is 10.2 Å². The summed E-state index contributed by atoms with van der Waals surface area (Å²) in [6.45, 7) is 2.69. The first-order valence-corrected chi connectivity index (χ1v) is 6.55. The highest BCUT2D eigenvalue weighted by Gasteiger charge is 2.34. The van der Waals surface area contributed by atoms with Crippen LogP contribution in [0.25, 0.3) is 0 Å². The molecule has 0 spiro atoms. The summed E-state index contributed by atoms with van der Waals surface area (Å²) in [5.41, 5.74) is 0. The van der Waals surface area contributed by atoms with Gasteiger partial charge in [-0.25, -0.2) is 0 Å². The van der Waals surface area contributed by atoms with Crippen molar-refractivity contribution < 1.29 is 27.5 Å². The molecule has 8 heteroatoms. The summed E-state index contributed by atoms with van der Waals surface area (Å²) >= 11 is 0. The highest BCUT2D eigenvalue weighted by molar-refractivity contribution is 5.90. The first kappa shape index (κ1) is 16.7. The van der Waals surface area contributed by atoms with Crippen LogP contribution in [-0.2, 0) is 14.3 Å². The van der Waals surface area contributed by atoms with Crippen LogP contribution in [0.1, 0.15) is 33.1 Å². The van der Waals surface area contributed by atoms with E-state index in [2.05, 4.69) is 10.1 Å². The zero-order chi connectivity index (χ0) is 15.3. The quantitative estimate of drug-likeness (QED) is 0.835. The van der Waals surface area contributed by atoms with Crippen LogP contribution in [0, 0.1) is 0 Å². The Bertz CT molecular complexity index is 360. The van der Waals surface area contributed by atoms with E-state index in [1.54, 1.807) is 6.92 Å². The minimum Gasteiger partial charge on any atom is -0.344 e. The van der Waals surface area contributed by atoms with Gasteiger partial charge in [0.05, 0.1) is 6.61 Å². The molecule has 2 unspecified atom stereocenters. The van der Waals surface area contributed by atoms with Gasteiger partial charge in [0.1, 0.15) is 6.04 Å². The van der Waals surface area contributed by atoms with Gasteiger partial charge in [-0.15, -0.1) is 13.2 Å². The third kappa shape index (κ3) is 4.99. The number of rotatable bonds is 5. The van der Waals surface area contributed by atoms with Crippen LogP contribution < -0.4 is 5.32 Å². The Kier molecular flexibility index (Phi) is 5.79. The summed E-state index contributed by atoms with van der Waals surface area (Å²) < 4.78 is 39.5. The predicted molar refractivity (Wildman–Crippen MR) is 64.6 cm³/mol. The second-order valence-electron chi connectivity index (χ2n) is 4.79. The van der Waals surface area contributed by atoms with Gasteiger partial charge >= 0.3 is 6.36 Å². The third-order valence-corrected chi connectivity index (χ3v) is 3.10. The van der Waals surface area contributed by atoms with Crippen molar-refractivity contribution in [3.05, 3.63) is 0 Å². The van der Waals surface area contributed by atoms with E-state index in [9.17, 15) is 22.8 Å². The van der Waals surface area contributed by atoms with Gasteiger partial charge < -0.3 is 10.2 Å². The number of nitrogens with one attached hydrogen (secondary N) is 1. The SMILES string of the molecule is CCCC1NC(=O)CC(C)N(CCOC(F)(F)F)C1=O. The molecule has 1 aliphatic rings. The maximum atomic E-state index is 12.2. The molecule has 0 bridgehead atoms.